The molecule has 0 saturated heterocycles. The van der Waals surface area contributed by atoms with Crippen LogP contribution in [0.1, 0.15) is 58.6 Å². The monoisotopic (exact) mass is 618 g/mol. The first-order valence-electron chi connectivity index (χ1n) is 15.2. The van der Waals surface area contributed by atoms with Gasteiger partial charge in [0.05, 0.1) is 13.2 Å². The fourth-order valence-corrected chi connectivity index (χ4v) is 10.0. The highest BCUT2D eigenvalue weighted by atomic mass is 28.4. The fraction of sp³-hybridized carbons (Fsp3) is 0.405. The average molecular weight is 619 g/mol. The normalized spacial score (nSPS) is 12.8. The zero-order chi connectivity index (χ0) is 32.0. The SMILES string of the molecule is COCOc1cc(CO)cc(OCOC)c1C/C=C(\C)CC/C=C(\C)CO[Si](c1ccccc1)(c1ccccc1)C(C)(C)C. The Bertz CT molecular complexity index is 1280. The lowest BCUT2D eigenvalue weighted by molar-refractivity contribution is 0.0446. The van der Waals surface area contributed by atoms with Crippen molar-refractivity contribution in [3.8, 4) is 11.5 Å². The van der Waals surface area contributed by atoms with Crippen molar-refractivity contribution in [2.45, 2.75) is 65.5 Å². The summed E-state index contributed by atoms with van der Waals surface area (Å²) in [6.45, 7) is 11.9. The Labute approximate surface area is 265 Å². The van der Waals surface area contributed by atoms with Crippen molar-refractivity contribution in [2.75, 3.05) is 34.4 Å². The van der Waals surface area contributed by atoms with Crippen molar-refractivity contribution in [3.05, 3.63) is 107 Å². The molecule has 0 amide bonds. The summed E-state index contributed by atoms with van der Waals surface area (Å²) in [5.41, 5.74) is 4.09. The molecule has 0 aliphatic carbocycles. The molecule has 44 heavy (non-hydrogen) atoms. The van der Waals surface area contributed by atoms with Crippen LogP contribution < -0.4 is 19.8 Å². The molecule has 0 atom stereocenters. The Morgan fingerprint density at radius 1 is 0.773 bits per heavy atom. The summed E-state index contributed by atoms with van der Waals surface area (Å²) >= 11 is 0. The minimum Gasteiger partial charge on any atom is -0.467 e. The van der Waals surface area contributed by atoms with Gasteiger partial charge in [0, 0.05) is 19.8 Å². The van der Waals surface area contributed by atoms with E-state index in [1.807, 2.05) is 12.1 Å². The minimum absolute atomic E-state index is 0.0532. The average Bonchev–Trinajstić information content (AvgIpc) is 3.02. The van der Waals surface area contributed by atoms with Gasteiger partial charge in [-0.25, -0.2) is 0 Å². The minimum atomic E-state index is -2.57. The quantitative estimate of drug-likeness (QED) is 0.101. The Morgan fingerprint density at radius 3 is 1.75 bits per heavy atom. The first kappa shape index (κ1) is 35.3. The number of hydrogen-bond acceptors (Lipinski definition) is 6. The lowest BCUT2D eigenvalue weighted by Gasteiger charge is -2.43. The van der Waals surface area contributed by atoms with Gasteiger partial charge in [-0.2, -0.15) is 0 Å². The van der Waals surface area contributed by atoms with Crippen LogP contribution in [0.2, 0.25) is 5.04 Å². The molecule has 0 spiro atoms. The number of aliphatic hydroxyl groups excluding tert-OH is 1. The number of allylic oxidation sites excluding steroid dienone is 3. The molecular weight excluding hydrogens is 568 g/mol. The second-order valence-corrected chi connectivity index (χ2v) is 16.4. The summed E-state index contributed by atoms with van der Waals surface area (Å²) in [5.74, 6) is 1.26. The van der Waals surface area contributed by atoms with Gasteiger partial charge in [0.2, 0.25) is 0 Å². The Morgan fingerprint density at radius 2 is 1.30 bits per heavy atom. The van der Waals surface area contributed by atoms with Gasteiger partial charge in [-0.1, -0.05) is 105 Å². The van der Waals surface area contributed by atoms with E-state index >= 15 is 0 Å². The van der Waals surface area contributed by atoms with Crippen molar-refractivity contribution in [3.63, 3.8) is 0 Å². The summed E-state index contributed by atoms with van der Waals surface area (Å²) in [4.78, 5) is 0. The topological polar surface area (TPSA) is 66.4 Å². The van der Waals surface area contributed by atoms with E-state index < -0.39 is 8.32 Å². The highest BCUT2D eigenvalue weighted by Gasteiger charge is 2.50. The number of methoxy groups -OCH3 is 2. The Balaban J connectivity index is 1.74. The Kier molecular flexibility index (Phi) is 13.9. The molecule has 0 unspecified atom stereocenters. The third kappa shape index (κ3) is 9.40. The van der Waals surface area contributed by atoms with Gasteiger partial charge < -0.3 is 28.5 Å². The summed E-state index contributed by atoms with van der Waals surface area (Å²) in [6, 6.07) is 25.2. The van der Waals surface area contributed by atoms with E-state index in [0.717, 1.165) is 18.4 Å². The molecule has 3 aromatic carbocycles. The molecule has 7 heteroatoms. The van der Waals surface area contributed by atoms with Gasteiger partial charge in [0.25, 0.3) is 8.32 Å². The van der Waals surface area contributed by atoms with Crippen LogP contribution in [-0.4, -0.2) is 47.8 Å². The number of hydrogen-bond donors (Lipinski definition) is 1. The van der Waals surface area contributed by atoms with E-state index in [4.69, 9.17) is 23.4 Å². The van der Waals surface area contributed by atoms with Crippen LogP contribution in [0, 0.1) is 0 Å². The van der Waals surface area contributed by atoms with Gasteiger partial charge in [0.1, 0.15) is 11.5 Å². The maximum atomic E-state index is 9.73. The van der Waals surface area contributed by atoms with Crippen LogP contribution in [0.4, 0.5) is 0 Å². The third-order valence-corrected chi connectivity index (χ3v) is 12.7. The highest BCUT2D eigenvalue weighted by molar-refractivity contribution is 6.99. The largest absolute Gasteiger partial charge is 0.467 e. The van der Waals surface area contributed by atoms with Crippen LogP contribution >= 0.6 is 0 Å². The standard InChI is InChI=1S/C37H50O6Si/c1-29(21-22-34-35(41-27-39-6)23-31(25-38)24-36(34)42-28-40-7)15-14-16-30(2)26-43-44(37(3,4)5,32-17-10-8-11-18-32)33-19-12-9-13-20-33/h8-13,16-21,23-24,38H,14-15,22,25-28H2,1-7H3/b29-21+,30-16+. The molecule has 0 aliphatic rings. The Hall–Kier alpha value is -3.20. The number of benzene rings is 3. The number of ether oxygens (including phenoxy) is 4. The summed E-state index contributed by atoms with van der Waals surface area (Å²) < 4.78 is 29.0. The van der Waals surface area contributed by atoms with E-state index in [-0.39, 0.29) is 25.2 Å². The molecular formula is C37H50O6Si. The second-order valence-electron chi connectivity index (χ2n) is 12.1. The summed E-state index contributed by atoms with van der Waals surface area (Å²) in [5, 5.41) is 12.3. The van der Waals surface area contributed by atoms with Gasteiger partial charge in [-0.15, -0.1) is 0 Å². The lowest BCUT2D eigenvalue weighted by Crippen LogP contribution is -2.66. The third-order valence-electron chi connectivity index (χ3n) is 7.69. The van der Waals surface area contributed by atoms with Crippen molar-refractivity contribution in [1.82, 2.24) is 0 Å². The molecule has 1 N–H and O–H groups in total. The molecule has 0 aliphatic heterocycles. The fourth-order valence-electron chi connectivity index (χ4n) is 5.44. The molecule has 0 radical (unpaired) electrons. The highest BCUT2D eigenvalue weighted by Crippen LogP contribution is 2.37. The molecule has 0 aromatic heterocycles. The van der Waals surface area contributed by atoms with Gasteiger partial charge in [-0.3, -0.25) is 0 Å². The van der Waals surface area contributed by atoms with Crippen LogP contribution in [0.25, 0.3) is 0 Å². The maximum absolute atomic E-state index is 9.73. The van der Waals surface area contributed by atoms with Gasteiger partial charge in [0.15, 0.2) is 13.6 Å². The molecule has 0 bridgehead atoms. The molecule has 0 fully saturated rings. The molecule has 3 aromatic rings. The zero-order valence-electron chi connectivity index (χ0n) is 27.5. The van der Waals surface area contributed by atoms with E-state index in [2.05, 4.69) is 107 Å². The van der Waals surface area contributed by atoms with Crippen LogP contribution in [0.5, 0.6) is 11.5 Å². The first-order chi connectivity index (χ1) is 21.2. The number of rotatable bonds is 17. The van der Waals surface area contributed by atoms with E-state index in [1.165, 1.54) is 21.5 Å². The van der Waals surface area contributed by atoms with Crippen molar-refractivity contribution in [2.24, 2.45) is 0 Å². The molecule has 0 heterocycles. The van der Waals surface area contributed by atoms with Crippen LogP contribution in [0.3, 0.4) is 0 Å². The smallest absolute Gasteiger partial charge is 0.261 e. The second kappa shape index (κ2) is 17.3. The molecule has 6 nitrogen and oxygen atoms in total. The molecule has 0 saturated carbocycles. The predicted molar refractivity (Wildman–Crippen MR) is 181 cm³/mol. The lowest BCUT2D eigenvalue weighted by atomic mass is 10.0. The number of aliphatic hydroxyl groups is 1. The van der Waals surface area contributed by atoms with E-state index in [9.17, 15) is 5.11 Å². The van der Waals surface area contributed by atoms with Crippen LogP contribution in [0.15, 0.2) is 96.1 Å². The molecule has 238 valence electrons. The van der Waals surface area contributed by atoms with E-state index in [1.54, 1.807) is 14.2 Å². The zero-order valence-corrected chi connectivity index (χ0v) is 28.5. The van der Waals surface area contributed by atoms with Crippen LogP contribution in [-0.2, 0) is 26.9 Å². The van der Waals surface area contributed by atoms with Gasteiger partial charge >= 0.3 is 0 Å². The summed E-state index contributed by atoms with van der Waals surface area (Å²) in [6.07, 6.45) is 6.96. The molecule has 3 rings (SSSR count). The van der Waals surface area contributed by atoms with Crippen molar-refractivity contribution < 1.29 is 28.5 Å². The van der Waals surface area contributed by atoms with Gasteiger partial charge in [-0.05, 0) is 66.2 Å². The van der Waals surface area contributed by atoms with Crippen molar-refractivity contribution in [1.29, 1.82) is 0 Å². The summed E-state index contributed by atoms with van der Waals surface area (Å²) in [7, 11) is 0.591. The van der Waals surface area contributed by atoms with Crippen molar-refractivity contribution >= 4 is 18.7 Å². The maximum Gasteiger partial charge on any atom is 0.261 e. The van der Waals surface area contributed by atoms with E-state index in [0.29, 0.717) is 30.1 Å². The first-order valence-corrected chi connectivity index (χ1v) is 17.1. The predicted octanol–water partition coefficient (Wildman–Crippen LogP) is 6.94.